The summed E-state index contributed by atoms with van der Waals surface area (Å²) in [6, 6.07) is 19.8. The van der Waals surface area contributed by atoms with Crippen molar-refractivity contribution in [3.63, 3.8) is 0 Å². The second kappa shape index (κ2) is 7.49. The van der Waals surface area contributed by atoms with Gasteiger partial charge in [-0.05, 0) is 36.8 Å². The molecule has 0 fully saturated rings. The monoisotopic (exact) mass is 421 g/mol. The quantitative estimate of drug-likeness (QED) is 0.441. The Morgan fingerprint density at radius 2 is 1.91 bits per heavy atom. The molecule has 3 aromatic heterocycles. The zero-order valence-electron chi connectivity index (χ0n) is 16.9. The highest BCUT2D eigenvalue weighted by Gasteiger charge is 2.20. The topological polar surface area (TPSA) is 114 Å². The van der Waals surface area contributed by atoms with E-state index in [0.29, 0.717) is 16.8 Å². The van der Waals surface area contributed by atoms with E-state index in [1.165, 1.54) is 16.9 Å². The highest BCUT2D eigenvalue weighted by molar-refractivity contribution is 6.05. The Kier molecular flexibility index (Phi) is 4.49. The first-order chi connectivity index (χ1) is 15.5. The molecule has 154 valence electrons. The van der Waals surface area contributed by atoms with E-state index in [0.717, 1.165) is 16.5 Å². The van der Waals surface area contributed by atoms with Crippen LogP contribution >= 0.6 is 0 Å². The predicted molar refractivity (Wildman–Crippen MR) is 119 cm³/mol. The van der Waals surface area contributed by atoms with E-state index in [-0.39, 0.29) is 16.9 Å². The Hall–Kier alpha value is -4.77. The molecule has 8 nitrogen and oxygen atoms in total. The van der Waals surface area contributed by atoms with E-state index in [4.69, 9.17) is 4.42 Å². The van der Waals surface area contributed by atoms with Crippen molar-refractivity contribution in [1.29, 1.82) is 5.26 Å². The Balaban J connectivity index is 1.59. The highest BCUT2D eigenvalue weighted by atomic mass is 16.4. The van der Waals surface area contributed by atoms with Crippen molar-refractivity contribution in [2.45, 2.75) is 6.92 Å². The number of amides is 1. The Morgan fingerprint density at radius 3 is 2.75 bits per heavy atom. The van der Waals surface area contributed by atoms with Gasteiger partial charge in [0, 0.05) is 10.8 Å². The van der Waals surface area contributed by atoms with E-state index in [9.17, 15) is 14.9 Å². The van der Waals surface area contributed by atoms with Gasteiger partial charge in [-0.15, -0.1) is 0 Å². The van der Waals surface area contributed by atoms with Crippen LogP contribution in [0, 0.1) is 18.3 Å². The summed E-state index contributed by atoms with van der Waals surface area (Å²) >= 11 is 0. The molecule has 0 aliphatic rings. The average Bonchev–Trinajstić information content (AvgIpc) is 3.21. The fourth-order valence-electron chi connectivity index (χ4n) is 3.56. The van der Waals surface area contributed by atoms with Crippen molar-refractivity contribution in [3.8, 4) is 11.9 Å². The smallest absolute Gasteiger partial charge is 0.349 e. The van der Waals surface area contributed by atoms with Crippen LogP contribution in [0.2, 0.25) is 0 Å². The number of rotatable bonds is 3. The second-order valence-corrected chi connectivity index (χ2v) is 7.18. The van der Waals surface area contributed by atoms with Crippen molar-refractivity contribution in [3.05, 3.63) is 94.0 Å². The number of nitrogens with zero attached hydrogens (tertiary/aromatic N) is 4. The van der Waals surface area contributed by atoms with Crippen LogP contribution in [0.1, 0.15) is 21.5 Å². The van der Waals surface area contributed by atoms with E-state index in [2.05, 4.69) is 15.4 Å². The molecule has 32 heavy (non-hydrogen) atoms. The van der Waals surface area contributed by atoms with E-state index in [1.54, 1.807) is 24.3 Å². The van der Waals surface area contributed by atoms with Crippen molar-refractivity contribution >= 4 is 33.6 Å². The Bertz CT molecular complexity index is 1620. The number of nitriles is 1. The molecule has 5 rings (SSSR count). The Labute approximate surface area is 181 Å². The number of hydrogen-bond donors (Lipinski definition) is 1. The SMILES string of the molecule is Cc1cc(-n2ncc(C#N)c2NC(=O)c2cc3ccccc3oc2=O)nc2ccccc12. The molecule has 8 heteroatoms. The first-order valence-corrected chi connectivity index (χ1v) is 9.74. The van der Waals surface area contributed by atoms with Gasteiger partial charge in [0.25, 0.3) is 5.91 Å². The number of fused-ring (bicyclic) bond motifs is 2. The van der Waals surface area contributed by atoms with Crippen LogP contribution in [0.3, 0.4) is 0 Å². The third-order valence-corrected chi connectivity index (χ3v) is 5.13. The zero-order valence-corrected chi connectivity index (χ0v) is 16.9. The van der Waals surface area contributed by atoms with E-state index < -0.39 is 11.5 Å². The van der Waals surface area contributed by atoms with Crippen LogP contribution in [0.15, 0.2) is 76.1 Å². The zero-order chi connectivity index (χ0) is 22.2. The lowest BCUT2D eigenvalue weighted by atomic mass is 10.1. The molecule has 0 saturated carbocycles. The number of para-hydroxylation sites is 2. The third kappa shape index (κ3) is 3.18. The fraction of sp³-hybridized carbons (Fsp3) is 0.0417. The number of aromatic nitrogens is 3. The number of nitrogens with one attached hydrogen (secondary N) is 1. The molecule has 0 radical (unpaired) electrons. The molecule has 0 saturated heterocycles. The normalized spacial score (nSPS) is 10.9. The van der Waals surface area contributed by atoms with Gasteiger partial charge in [0.05, 0.1) is 11.7 Å². The number of hydrogen-bond acceptors (Lipinski definition) is 6. The first-order valence-electron chi connectivity index (χ1n) is 9.74. The maximum atomic E-state index is 13.0. The van der Waals surface area contributed by atoms with Crippen molar-refractivity contribution < 1.29 is 9.21 Å². The number of aryl methyl sites for hydroxylation is 1. The van der Waals surface area contributed by atoms with E-state index in [1.807, 2.05) is 43.3 Å². The lowest BCUT2D eigenvalue weighted by molar-refractivity contribution is 0.102. The molecular weight excluding hydrogens is 406 g/mol. The lowest BCUT2D eigenvalue weighted by Crippen LogP contribution is -2.22. The standard InChI is InChI=1S/C24H15N5O3/c1-14-10-21(27-19-8-4-3-7-17(14)19)29-22(16(12-25)13-26-29)28-23(30)18-11-15-6-2-5-9-20(15)32-24(18)31/h2-11,13H,1H3,(H,28,30). The summed E-state index contributed by atoms with van der Waals surface area (Å²) in [7, 11) is 0. The number of benzene rings is 2. The minimum Gasteiger partial charge on any atom is -0.422 e. The van der Waals surface area contributed by atoms with Crippen molar-refractivity contribution in [1.82, 2.24) is 14.8 Å². The molecular formula is C24H15N5O3. The van der Waals surface area contributed by atoms with Crippen molar-refractivity contribution in [2.24, 2.45) is 0 Å². The van der Waals surface area contributed by atoms with Gasteiger partial charge < -0.3 is 9.73 Å². The Morgan fingerprint density at radius 1 is 1.12 bits per heavy atom. The third-order valence-electron chi connectivity index (χ3n) is 5.13. The molecule has 1 N–H and O–H groups in total. The molecule has 5 aromatic rings. The molecule has 2 aromatic carbocycles. The largest absolute Gasteiger partial charge is 0.422 e. The molecule has 0 atom stereocenters. The molecule has 1 amide bonds. The summed E-state index contributed by atoms with van der Waals surface area (Å²) in [5.74, 6) is -0.156. The van der Waals surface area contributed by atoms with Gasteiger partial charge in [-0.2, -0.15) is 15.0 Å². The van der Waals surface area contributed by atoms with E-state index >= 15 is 0 Å². The summed E-state index contributed by atoms with van der Waals surface area (Å²) < 4.78 is 6.63. The fourth-order valence-corrected chi connectivity index (χ4v) is 3.56. The van der Waals surface area contributed by atoms with Gasteiger partial charge in [0.15, 0.2) is 11.6 Å². The molecule has 3 heterocycles. The van der Waals surface area contributed by atoms with Gasteiger partial charge >= 0.3 is 5.63 Å². The van der Waals surface area contributed by atoms with Crippen LogP contribution in [0.4, 0.5) is 5.82 Å². The van der Waals surface area contributed by atoms with Gasteiger partial charge in [-0.1, -0.05) is 36.4 Å². The summed E-state index contributed by atoms with van der Waals surface area (Å²) in [5, 5.41) is 18.0. The van der Waals surface area contributed by atoms with Crippen LogP contribution in [-0.2, 0) is 0 Å². The van der Waals surface area contributed by atoms with Gasteiger partial charge in [-0.25, -0.2) is 9.78 Å². The van der Waals surface area contributed by atoms with Crippen LogP contribution < -0.4 is 10.9 Å². The summed E-state index contributed by atoms with van der Waals surface area (Å²) in [5.41, 5.74) is 1.29. The minimum atomic E-state index is -0.773. The van der Waals surface area contributed by atoms with Gasteiger partial charge in [0.1, 0.15) is 22.8 Å². The van der Waals surface area contributed by atoms with Crippen LogP contribution in [-0.4, -0.2) is 20.7 Å². The number of anilines is 1. The maximum absolute atomic E-state index is 13.0. The lowest BCUT2D eigenvalue weighted by Gasteiger charge is -2.11. The number of carbonyl (C=O) groups is 1. The number of carbonyl (C=O) groups excluding carboxylic acids is 1. The molecule has 0 spiro atoms. The highest BCUT2D eigenvalue weighted by Crippen LogP contribution is 2.24. The maximum Gasteiger partial charge on any atom is 0.349 e. The molecule has 0 bridgehead atoms. The minimum absolute atomic E-state index is 0.118. The van der Waals surface area contributed by atoms with Crippen LogP contribution in [0.25, 0.3) is 27.7 Å². The predicted octanol–water partition coefficient (Wildman–Crippen LogP) is 3.96. The van der Waals surface area contributed by atoms with Gasteiger partial charge in [0.2, 0.25) is 0 Å². The average molecular weight is 421 g/mol. The second-order valence-electron chi connectivity index (χ2n) is 7.18. The van der Waals surface area contributed by atoms with Crippen LogP contribution in [0.5, 0.6) is 0 Å². The van der Waals surface area contributed by atoms with Crippen molar-refractivity contribution in [2.75, 3.05) is 5.32 Å². The summed E-state index contributed by atoms with van der Waals surface area (Å²) in [6.45, 7) is 1.95. The summed E-state index contributed by atoms with van der Waals surface area (Å²) in [4.78, 5) is 30.0. The first kappa shape index (κ1) is 19.2. The number of pyridine rings is 1. The van der Waals surface area contributed by atoms with Gasteiger partial charge in [-0.3, -0.25) is 4.79 Å². The summed E-state index contributed by atoms with van der Waals surface area (Å²) in [6.07, 6.45) is 1.34. The molecule has 0 aliphatic carbocycles. The molecule has 0 aliphatic heterocycles. The molecule has 0 unspecified atom stereocenters.